The molecular formula is C13H16N2O2. The Hall–Kier alpha value is -1.94. The van der Waals surface area contributed by atoms with Gasteiger partial charge in [-0.25, -0.2) is 0 Å². The highest BCUT2D eigenvalue weighted by molar-refractivity contribution is 5.96. The Morgan fingerprint density at radius 1 is 1.29 bits per heavy atom. The van der Waals surface area contributed by atoms with Crippen molar-refractivity contribution in [2.24, 2.45) is 0 Å². The summed E-state index contributed by atoms with van der Waals surface area (Å²) in [6.07, 6.45) is 1.69. The van der Waals surface area contributed by atoms with E-state index in [1.54, 1.807) is 30.3 Å². The van der Waals surface area contributed by atoms with Crippen LogP contribution >= 0.6 is 0 Å². The number of amides is 1. The number of ketones is 1. The fourth-order valence-corrected chi connectivity index (χ4v) is 1.28. The molecule has 4 nitrogen and oxygen atoms in total. The summed E-state index contributed by atoms with van der Waals surface area (Å²) in [6, 6.07) is 6.80. The molecule has 0 aliphatic heterocycles. The van der Waals surface area contributed by atoms with E-state index in [-0.39, 0.29) is 18.2 Å². The lowest BCUT2D eigenvalue weighted by molar-refractivity contribution is -0.115. The fraction of sp³-hybridized carbons (Fsp3) is 0.231. The number of anilines is 1. The van der Waals surface area contributed by atoms with Crippen molar-refractivity contribution in [1.82, 2.24) is 5.32 Å². The Balaban J connectivity index is 2.48. The molecule has 90 valence electrons. The molecule has 0 heterocycles. The lowest BCUT2D eigenvalue weighted by Crippen LogP contribution is -2.28. The average molecular weight is 232 g/mol. The van der Waals surface area contributed by atoms with E-state index in [0.717, 1.165) is 0 Å². The number of carbonyl (C=O) groups is 2. The maximum Gasteiger partial charge on any atom is 0.238 e. The zero-order valence-corrected chi connectivity index (χ0v) is 9.82. The van der Waals surface area contributed by atoms with Gasteiger partial charge in [-0.1, -0.05) is 6.08 Å². The third-order valence-corrected chi connectivity index (χ3v) is 2.15. The minimum Gasteiger partial charge on any atom is -0.325 e. The summed E-state index contributed by atoms with van der Waals surface area (Å²) in [5.74, 6) is -0.113. The van der Waals surface area contributed by atoms with Gasteiger partial charge in [0.05, 0.1) is 6.54 Å². The van der Waals surface area contributed by atoms with Crippen molar-refractivity contribution in [2.45, 2.75) is 6.92 Å². The maximum atomic E-state index is 11.4. The van der Waals surface area contributed by atoms with Gasteiger partial charge in [0, 0.05) is 17.8 Å². The van der Waals surface area contributed by atoms with Crippen LogP contribution in [0.25, 0.3) is 0 Å². The average Bonchev–Trinajstić information content (AvgIpc) is 2.30. The molecule has 0 atom stereocenters. The molecule has 17 heavy (non-hydrogen) atoms. The minimum atomic E-state index is -0.123. The lowest BCUT2D eigenvalue weighted by atomic mass is 10.1. The number of benzene rings is 1. The van der Waals surface area contributed by atoms with E-state index in [2.05, 4.69) is 17.2 Å². The second-order valence-corrected chi connectivity index (χ2v) is 3.60. The topological polar surface area (TPSA) is 58.2 Å². The number of nitrogens with one attached hydrogen (secondary N) is 2. The van der Waals surface area contributed by atoms with Crippen molar-refractivity contribution in [3.8, 4) is 0 Å². The van der Waals surface area contributed by atoms with E-state index < -0.39 is 0 Å². The SMILES string of the molecule is C=CCNCC(=O)Nc1ccc(C(C)=O)cc1. The van der Waals surface area contributed by atoms with Crippen LogP contribution in [-0.2, 0) is 4.79 Å². The molecule has 0 aliphatic carbocycles. The Morgan fingerprint density at radius 3 is 2.47 bits per heavy atom. The van der Waals surface area contributed by atoms with Crippen molar-refractivity contribution in [2.75, 3.05) is 18.4 Å². The Bertz CT molecular complexity index is 410. The molecule has 0 unspecified atom stereocenters. The normalized spacial score (nSPS) is 9.71. The molecule has 0 saturated carbocycles. The number of carbonyl (C=O) groups excluding carboxylic acids is 2. The first kappa shape index (κ1) is 13.1. The highest BCUT2D eigenvalue weighted by Crippen LogP contribution is 2.09. The highest BCUT2D eigenvalue weighted by Gasteiger charge is 2.02. The van der Waals surface area contributed by atoms with Crippen LogP contribution in [0.5, 0.6) is 0 Å². The van der Waals surface area contributed by atoms with Crippen LogP contribution in [0.1, 0.15) is 17.3 Å². The second-order valence-electron chi connectivity index (χ2n) is 3.60. The third-order valence-electron chi connectivity index (χ3n) is 2.15. The quantitative estimate of drug-likeness (QED) is 0.445. The van der Waals surface area contributed by atoms with Crippen LogP contribution in [0.3, 0.4) is 0 Å². The molecule has 0 aliphatic rings. The summed E-state index contributed by atoms with van der Waals surface area (Å²) in [5, 5.41) is 5.62. The molecule has 1 aromatic rings. The van der Waals surface area contributed by atoms with Crippen molar-refractivity contribution in [3.63, 3.8) is 0 Å². The summed E-state index contributed by atoms with van der Waals surface area (Å²) >= 11 is 0. The molecule has 1 rings (SSSR count). The minimum absolute atomic E-state index is 0.00975. The van der Waals surface area contributed by atoms with E-state index in [0.29, 0.717) is 17.8 Å². The van der Waals surface area contributed by atoms with Gasteiger partial charge in [-0.2, -0.15) is 0 Å². The van der Waals surface area contributed by atoms with E-state index in [1.807, 2.05) is 0 Å². The van der Waals surface area contributed by atoms with Crippen molar-refractivity contribution in [1.29, 1.82) is 0 Å². The van der Waals surface area contributed by atoms with Gasteiger partial charge in [0.25, 0.3) is 0 Å². The van der Waals surface area contributed by atoms with E-state index in [9.17, 15) is 9.59 Å². The first-order valence-electron chi connectivity index (χ1n) is 5.36. The summed E-state index contributed by atoms with van der Waals surface area (Å²) in [4.78, 5) is 22.5. The van der Waals surface area contributed by atoms with Crippen LogP contribution in [0.15, 0.2) is 36.9 Å². The van der Waals surface area contributed by atoms with Crippen LogP contribution in [0, 0.1) is 0 Å². The van der Waals surface area contributed by atoms with Gasteiger partial charge in [-0.15, -0.1) is 6.58 Å². The zero-order valence-electron chi connectivity index (χ0n) is 9.82. The van der Waals surface area contributed by atoms with Crippen LogP contribution in [0.2, 0.25) is 0 Å². The van der Waals surface area contributed by atoms with E-state index in [1.165, 1.54) is 6.92 Å². The molecule has 0 radical (unpaired) electrons. The first-order valence-corrected chi connectivity index (χ1v) is 5.36. The number of hydrogen-bond acceptors (Lipinski definition) is 3. The van der Waals surface area contributed by atoms with Crippen molar-refractivity contribution in [3.05, 3.63) is 42.5 Å². The molecule has 0 spiro atoms. The van der Waals surface area contributed by atoms with E-state index in [4.69, 9.17) is 0 Å². The molecule has 0 aromatic heterocycles. The molecule has 0 fully saturated rings. The molecule has 4 heteroatoms. The summed E-state index contributed by atoms with van der Waals surface area (Å²) in [7, 11) is 0. The number of rotatable bonds is 6. The second kappa shape index (κ2) is 6.60. The Kier molecular flexibility index (Phi) is 5.10. The maximum absolute atomic E-state index is 11.4. The summed E-state index contributed by atoms with van der Waals surface area (Å²) in [6.45, 7) is 5.88. The largest absolute Gasteiger partial charge is 0.325 e. The molecule has 1 aromatic carbocycles. The summed E-state index contributed by atoms with van der Waals surface area (Å²) < 4.78 is 0. The lowest BCUT2D eigenvalue weighted by Gasteiger charge is -2.05. The van der Waals surface area contributed by atoms with Gasteiger partial charge in [0.1, 0.15) is 0 Å². The van der Waals surface area contributed by atoms with Crippen LogP contribution in [0.4, 0.5) is 5.69 Å². The number of Topliss-reactive ketones (excluding diaryl/α,β-unsaturated/α-hetero) is 1. The predicted molar refractivity (Wildman–Crippen MR) is 68.1 cm³/mol. The standard InChI is InChI=1S/C13H16N2O2/c1-3-8-14-9-13(17)15-12-6-4-11(5-7-12)10(2)16/h3-7,14H,1,8-9H2,2H3,(H,15,17). The van der Waals surface area contributed by atoms with Crippen LogP contribution < -0.4 is 10.6 Å². The number of hydrogen-bond donors (Lipinski definition) is 2. The van der Waals surface area contributed by atoms with Crippen LogP contribution in [-0.4, -0.2) is 24.8 Å². The van der Waals surface area contributed by atoms with Gasteiger partial charge in [-0.05, 0) is 31.2 Å². The molecule has 1 amide bonds. The molecular weight excluding hydrogens is 216 g/mol. The first-order chi connectivity index (χ1) is 8.13. The van der Waals surface area contributed by atoms with Crippen molar-refractivity contribution < 1.29 is 9.59 Å². The molecule has 0 bridgehead atoms. The zero-order chi connectivity index (χ0) is 12.7. The van der Waals surface area contributed by atoms with Gasteiger partial charge in [-0.3, -0.25) is 9.59 Å². The van der Waals surface area contributed by atoms with Gasteiger partial charge in [0.2, 0.25) is 5.91 Å². The predicted octanol–water partition coefficient (Wildman–Crippen LogP) is 1.60. The third kappa shape index (κ3) is 4.61. The molecule has 2 N–H and O–H groups in total. The van der Waals surface area contributed by atoms with Gasteiger partial charge < -0.3 is 10.6 Å². The summed E-state index contributed by atoms with van der Waals surface area (Å²) in [5.41, 5.74) is 1.31. The monoisotopic (exact) mass is 232 g/mol. The molecule has 0 saturated heterocycles. The fourth-order valence-electron chi connectivity index (χ4n) is 1.28. The van der Waals surface area contributed by atoms with Gasteiger partial charge >= 0.3 is 0 Å². The Labute approximate surface area is 101 Å². The van der Waals surface area contributed by atoms with Crippen molar-refractivity contribution >= 4 is 17.4 Å². The Morgan fingerprint density at radius 2 is 1.94 bits per heavy atom. The highest BCUT2D eigenvalue weighted by atomic mass is 16.2. The smallest absolute Gasteiger partial charge is 0.238 e. The van der Waals surface area contributed by atoms with Gasteiger partial charge in [0.15, 0.2) is 5.78 Å². The van der Waals surface area contributed by atoms with E-state index >= 15 is 0 Å².